The Kier molecular flexibility index (Phi) is 6.72. The maximum Gasteiger partial charge on any atom is 0.343 e. The Bertz CT molecular complexity index is 796. The first-order valence-corrected chi connectivity index (χ1v) is 9.44. The molecule has 1 aliphatic rings. The minimum Gasteiger partial charge on any atom is -0.482 e. The van der Waals surface area contributed by atoms with Crippen LogP contribution in [-0.2, 0) is 16.0 Å². The number of carbonyl (C=O) groups excluding carboxylic acids is 1. The minimum absolute atomic E-state index is 0.110. The highest BCUT2D eigenvalue weighted by molar-refractivity contribution is 6.30. The molecule has 2 atom stereocenters. The summed E-state index contributed by atoms with van der Waals surface area (Å²) in [6.45, 7) is 0.318. The van der Waals surface area contributed by atoms with Crippen LogP contribution in [0.4, 0.5) is 0 Å². The number of hydrogen-bond donors (Lipinski definition) is 2. The van der Waals surface area contributed by atoms with Crippen molar-refractivity contribution in [1.82, 2.24) is 5.32 Å². The lowest BCUT2D eigenvalue weighted by molar-refractivity contribution is -0.142. The van der Waals surface area contributed by atoms with E-state index in [0.29, 0.717) is 17.3 Å². The van der Waals surface area contributed by atoms with Crippen LogP contribution < -0.4 is 10.1 Å². The number of nitrogens with one attached hydrogen (secondary N) is 1. The van der Waals surface area contributed by atoms with Gasteiger partial charge in [-0.3, -0.25) is 0 Å². The molecule has 0 heterocycles. The van der Waals surface area contributed by atoms with E-state index in [0.717, 1.165) is 30.4 Å². The molecule has 0 saturated heterocycles. The number of rotatable bonds is 7. The molecular weight excluding hydrogens is 366 g/mol. The zero-order valence-corrected chi connectivity index (χ0v) is 16.0. The highest BCUT2D eigenvalue weighted by Crippen LogP contribution is 2.33. The van der Waals surface area contributed by atoms with Gasteiger partial charge in [-0.2, -0.15) is 0 Å². The molecule has 0 spiro atoms. The number of carbonyl (C=O) groups is 1. The smallest absolute Gasteiger partial charge is 0.343 e. The lowest BCUT2D eigenvalue weighted by atomic mass is 9.87. The SMILES string of the molecule is COC(=O)COc1ccc2c(c1)C(NC[C@H](O)c1cccc(Cl)c1)CCC2. The van der Waals surface area contributed by atoms with Crippen LogP contribution >= 0.6 is 11.6 Å². The first kappa shape index (κ1) is 19.7. The Morgan fingerprint density at radius 2 is 2.19 bits per heavy atom. The normalized spacial score (nSPS) is 17.1. The first-order valence-electron chi connectivity index (χ1n) is 9.06. The van der Waals surface area contributed by atoms with Crippen LogP contribution in [0.2, 0.25) is 5.02 Å². The number of esters is 1. The molecule has 3 rings (SSSR count). The molecule has 0 saturated carbocycles. The topological polar surface area (TPSA) is 67.8 Å². The van der Waals surface area contributed by atoms with Crippen LogP contribution in [0.25, 0.3) is 0 Å². The van der Waals surface area contributed by atoms with E-state index in [1.54, 1.807) is 12.1 Å². The number of fused-ring (bicyclic) bond motifs is 1. The van der Waals surface area contributed by atoms with Gasteiger partial charge in [-0.05, 0) is 60.2 Å². The fourth-order valence-corrected chi connectivity index (χ4v) is 3.56. The van der Waals surface area contributed by atoms with E-state index in [4.69, 9.17) is 16.3 Å². The number of halogens is 1. The highest BCUT2D eigenvalue weighted by atomic mass is 35.5. The molecule has 2 N–H and O–H groups in total. The summed E-state index contributed by atoms with van der Waals surface area (Å²) in [6.07, 6.45) is 2.45. The van der Waals surface area contributed by atoms with Gasteiger partial charge < -0.3 is 19.9 Å². The van der Waals surface area contributed by atoms with Crippen molar-refractivity contribution < 1.29 is 19.4 Å². The lowest BCUT2D eigenvalue weighted by Gasteiger charge is -2.28. The second kappa shape index (κ2) is 9.22. The molecular formula is C21H24ClNO4. The van der Waals surface area contributed by atoms with Crippen molar-refractivity contribution in [3.63, 3.8) is 0 Å². The molecule has 0 radical (unpaired) electrons. The first-order chi connectivity index (χ1) is 13.1. The molecule has 1 unspecified atom stereocenters. The summed E-state index contributed by atoms with van der Waals surface area (Å²) in [7, 11) is 1.34. The Labute approximate surface area is 164 Å². The maximum atomic E-state index is 11.3. The summed E-state index contributed by atoms with van der Waals surface area (Å²) in [5.41, 5.74) is 3.21. The molecule has 6 heteroatoms. The predicted octanol–water partition coefficient (Wildman–Crippen LogP) is 3.59. The average Bonchev–Trinajstić information content (AvgIpc) is 2.70. The molecule has 5 nitrogen and oxygen atoms in total. The van der Waals surface area contributed by atoms with Crippen molar-refractivity contribution in [1.29, 1.82) is 0 Å². The largest absolute Gasteiger partial charge is 0.482 e. The summed E-state index contributed by atoms with van der Waals surface area (Å²) >= 11 is 6.01. The van der Waals surface area contributed by atoms with Gasteiger partial charge in [0.25, 0.3) is 0 Å². The van der Waals surface area contributed by atoms with Gasteiger partial charge in [-0.25, -0.2) is 4.79 Å². The van der Waals surface area contributed by atoms with Gasteiger partial charge >= 0.3 is 5.97 Å². The fourth-order valence-electron chi connectivity index (χ4n) is 3.37. The van der Waals surface area contributed by atoms with Crippen LogP contribution in [0.3, 0.4) is 0 Å². The number of aliphatic hydroxyl groups excluding tert-OH is 1. The third-order valence-corrected chi connectivity index (χ3v) is 5.04. The standard InChI is InChI=1S/C21H24ClNO4/c1-26-21(25)13-27-17-9-8-14-4-3-7-19(18(14)11-17)23-12-20(24)15-5-2-6-16(22)10-15/h2,5-6,8-11,19-20,23-24H,3-4,7,12-13H2,1H3/t19?,20-/m0/s1. The average molecular weight is 390 g/mol. The van der Waals surface area contributed by atoms with Gasteiger partial charge in [-0.15, -0.1) is 0 Å². The molecule has 0 bridgehead atoms. The Hall–Kier alpha value is -2.08. The lowest BCUT2D eigenvalue weighted by Crippen LogP contribution is -2.29. The van der Waals surface area contributed by atoms with E-state index in [9.17, 15) is 9.90 Å². The van der Waals surface area contributed by atoms with E-state index in [1.165, 1.54) is 12.7 Å². The third kappa shape index (κ3) is 5.22. The molecule has 2 aromatic carbocycles. The predicted molar refractivity (Wildman–Crippen MR) is 104 cm³/mol. The highest BCUT2D eigenvalue weighted by Gasteiger charge is 2.22. The van der Waals surface area contributed by atoms with Crippen molar-refractivity contribution in [2.75, 3.05) is 20.3 Å². The van der Waals surface area contributed by atoms with Gasteiger partial charge in [0.1, 0.15) is 5.75 Å². The van der Waals surface area contributed by atoms with Gasteiger partial charge in [0.2, 0.25) is 0 Å². The second-order valence-corrected chi connectivity index (χ2v) is 7.09. The van der Waals surface area contributed by atoms with Crippen LogP contribution in [0.5, 0.6) is 5.75 Å². The van der Waals surface area contributed by atoms with Gasteiger partial charge in [0, 0.05) is 17.6 Å². The van der Waals surface area contributed by atoms with E-state index in [-0.39, 0.29) is 12.6 Å². The van der Waals surface area contributed by atoms with Crippen molar-refractivity contribution in [3.05, 3.63) is 64.2 Å². The minimum atomic E-state index is -0.632. The molecule has 2 aromatic rings. The molecule has 0 fully saturated rings. The number of ether oxygens (including phenoxy) is 2. The Morgan fingerprint density at radius 1 is 1.33 bits per heavy atom. The summed E-state index contributed by atoms with van der Waals surface area (Å²) < 4.78 is 10.1. The Balaban J connectivity index is 1.66. The van der Waals surface area contributed by atoms with E-state index in [1.807, 2.05) is 30.3 Å². The third-order valence-electron chi connectivity index (χ3n) is 4.81. The van der Waals surface area contributed by atoms with E-state index < -0.39 is 12.1 Å². The number of aliphatic hydroxyl groups is 1. The van der Waals surface area contributed by atoms with Crippen LogP contribution in [0.1, 0.15) is 41.7 Å². The monoisotopic (exact) mass is 389 g/mol. The molecule has 144 valence electrons. The summed E-state index contributed by atoms with van der Waals surface area (Å²) in [6, 6.07) is 13.3. The zero-order chi connectivity index (χ0) is 19.2. The van der Waals surface area contributed by atoms with E-state index in [2.05, 4.69) is 10.1 Å². The van der Waals surface area contributed by atoms with Gasteiger partial charge in [-0.1, -0.05) is 29.8 Å². The summed E-state index contributed by atoms with van der Waals surface area (Å²) in [5, 5.41) is 14.5. The van der Waals surface area contributed by atoms with Crippen LogP contribution in [-0.4, -0.2) is 31.3 Å². The summed E-state index contributed by atoms with van der Waals surface area (Å²) in [5.74, 6) is 0.232. The molecule has 0 aliphatic heterocycles. The van der Waals surface area contributed by atoms with Crippen LogP contribution in [0, 0.1) is 0 Å². The quantitative estimate of drug-likeness (QED) is 0.708. The van der Waals surface area contributed by atoms with Crippen molar-refractivity contribution >= 4 is 17.6 Å². The van der Waals surface area contributed by atoms with Crippen molar-refractivity contribution in [2.24, 2.45) is 0 Å². The van der Waals surface area contributed by atoms with Crippen molar-refractivity contribution in [2.45, 2.75) is 31.4 Å². The van der Waals surface area contributed by atoms with Crippen molar-refractivity contribution in [3.8, 4) is 5.75 Å². The van der Waals surface area contributed by atoms with Crippen LogP contribution in [0.15, 0.2) is 42.5 Å². The summed E-state index contributed by atoms with van der Waals surface area (Å²) in [4.78, 5) is 11.3. The van der Waals surface area contributed by atoms with Gasteiger partial charge in [0.15, 0.2) is 6.61 Å². The zero-order valence-electron chi connectivity index (χ0n) is 15.3. The molecule has 0 amide bonds. The maximum absolute atomic E-state index is 11.3. The number of aryl methyl sites for hydroxylation is 1. The van der Waals surface area contributed by atoms with E-state index >= 15 is 0 Å². The van der Waals surface area contributed by atoms with Gasteiger partial charge in [0.05, 0.1) is 13.2 Å². The Morgan fingerprint density at radius 3 is 2.96 bits per heavy atom. The number of methoxy groups -OCH3 is 1. The number of hydrogen-bond acceptors (Lipinski definition) is 5. The molecule has 27 heavy (non-hydrogen) atoms. The number of benzene rings is 2. The second-order valence-electron chi connectivity index (χ2n) is 6.65. The molecule has 1 aliphatic carbocycles. The molecule has 0 aromatic heterocycles. The fraction of sp³-hybridized carbons (Fsp3) is 0.381.